The Morgan fingerprint density at radius 2 is 0.844 bits per heavy atom. The fourth-order valence-corrected chi connectivity index (χ4v) is 8.87. The van der Waals surface area contributed by atoms with Gasteiger partial charge in [0.2, 0.25) is 0 Å². The van der Waals surface area contributed by atoms with E-state index in [1.807, 2.05) is 12.2 Å². The third-order valence-electron chi connectivity index (χ3n) is 13.5. The second-order valence-electron chi connectivity index (χ2n) is 20.6. The molecule has 12 heteroatoms. The van der Waals surface area contributed by atoms with Crippen molar-refractivity contribution in [1.82, 2.24) is 0 Å². The number of aliphatic hydroxyl groups is 2. The number of hydrogen-bond acceptors (Lipinski definition) is 11. The van der Waals surface area contributed by atoms with E-state index in [-0.39, 0.29) is 25.9 Å². The highest BCUT2D eigenvalue weighted by atomic mass is 16.7. The molecule has 0 aromatic heterocycles. The normalized spacial score (nSPS) is 18.6. The molecule has 77 heavy (non-hydrogen) atoms. The van der Waals surface area contributed by atoms with Crippen molar-refractivity contribution in [3.8, 4) is 0 Å². The van der Waals surface area contributed by atoms with Gasteiger partial charge in [-0.2, -0.15) is 0 Å². The van der Waals surface area contributed by atoms with E-state index >= 15 is 0 Å². The molecular weight excluding hydrogens is 973 g/mol. The van der Waals surface area contributed by atoms with Crippen LogP contribution in [-0.2, 0) is 42.9 Å². The van der Waals surface area contributed by atoms with Crippen LogP contribution in [0.5, 0.6) is 0 Å². The summed E-state index contributed by atoms with van der Waals surface area (Å²) in [6.45, 7) is 5.70. The van der Waals surface area contributed by atoms with Gasteiger partial charge >= 0.3 is 23.9 Å². The first kappa shape index (κ1) is 70.9. The topological polar surface area (TPSA) is 175 Å². The largest absolute Gasteiger partial charge is 0.479 e. The van der Waals surface area contributed by atoms with Gasteiger partial charge in [0, 0.05) is 19.3 Å². The second kappa shape index (κ2) is 52.6. The zero-order chi connectivity index (χ0) is 56.1. The van der Waals surface area contributed by atoms with Crippen LogP contribution in [0.15, 0.2) is 85.1 Å². The summed E-state index contributed by atoms with van der Waals surface area (Å²) in [6.07, 6.45) is 55.7. The fraction of sp³-hybridized carbons (Fsp3) is 0.723. The molecule has 1 rings (SSSR count). The van der Waals surface area contributed by atoms with Gasteiger partial charge in [-0.1, -0.05) is 241 Å². The Balaban J connectivity index is 2.69. The number of carbonyl (C=O) groups excluding carboxylic acids is 3. The van der Waals surface area contributed by atoms with E-state index in [0.29, 0.717) is 25.7 Å². The smallest absolute Gasteiger partial charge is 0.335 e. The summed E-state index contributed by atoms with van der Waals surface area (Å²) in [5.74, 6) is -3.25. The molecule has 0 radical (unpaired) electrons. The molecule has 1 aliphatic heterocycles. The van der Waals surface area contributed by atoms with E-state index in [9.17, 15) is 34.5 Å². The van der Waals surface area contributed by atoms with Crippen molar-refractivity contribution in [2.45, 2.75) is 289 Å². The Morgan fingerprint density at radius 3 is 1.30 bits per heavy atom. The van der Waals surface area contributed by atoms with E-state index < -0.39 is 67.3 Å². The van der Waals surface area contributed by atoms with E-state index in [0.717, 1.165) is 96.3 Å². The molecule has 6 atom stereocenters. The number of aliphatic carboxylic acids is 1. The summed E-state index contributed by atoms with van der Waals surface area (Å²) in [5.41, 5.74) is 0. The maximum Gasteiger partial charge on any atom is 0.335 e. The lowest BCUT2D eigenvalue weighted by molar-refractivity contribution is -0.301. The lowest BCUT2D eigenvalue weighted by atomic mass is 9.98. The van der Waals surface area contributed by atoms with Crippen LogP contribution < -0.4 is 0 Å². The molecule has 1 aliphatic rings. The molecule has 0 amide bonds. The van der Waals surface area contributed by atoms with Crippen LogP contribution in [0.2, 0.25) is 0 Å². The van der Waals surface area contributed by atoms with Gasteiger partial charge in [0.25, 0.3) is 0 Å². The highest BCUT2D eigenvalue weighted by Gasteiger charge is 2.50. The van der Waals surface area contributed by atoms with Crippen LogP contribution in [0.4, 0.5) is 0 Å². The van der Waals surface area contributed by atoms with Crippen LogP contribution in [0, 0.1) is 0 Å². The Kier molecular flexibility index (Phi) is 48.4. The molecule has 3 N–H and O–H groups in total. The maximum absolute atomic E-state index is 13.1. The molecule has 0 aromatic carbocycles. The molecule has 1 fully saturated rings. The van der Waals surface area contributed by atoms with Gasteiger partial charge in [-0.25, -0.2) is 4.79 Å². The zero-order valence-corrected chi connectivity index (χ0v) is 48.4. The standard InChI is InChI=1S/C65H108O12/c1-4-7-10-13-16-19-22-25-27-28-29-30-32-35-38-41-44-47-50-53-59(68)76-63-61(70)60(69)62(64(71)72)77-65(63)74-55-56(75-58(67)52-49-46-43-40-37-33-24-21-18-15-12-9-6-3)54-73-57(66)51-48-45-42-39-36-34-31-26-23-20-17-14-11-8-5-2/h8-9,11-12,17-18,20-21,26,31,33,37,43,46,56,60-63,65,69-70H,4-7,10,13-16,19,22-25,27-30,32,34-36,38-42,44-45,47-55H2,1-3H3,(H,71,72)/b11-8-,12-9-,20-17-,21-18-,31-26-,37-33-,46-43-. The number of unbranched alkanes of at least 4 members (excludes halogenated alkanes) is 23. The average molecular weight is 1080 g/mol. The third-order valence-corrected chi connectivity index (χ3v) is 13.5. The summed E-state index contributed by atoms with van der Waals surface area (Å²) in [7, 11) is 0. The van der Waals surface area contributed by atoms with Crippen LogP contribution in [0.3, 0.4) is 0 Å². The van der Waals surface area contributed by atoms with Crippen molar-refractivity contribution in [3.05, 3.63) is 85.1 Å². The van der Waals surface area contributed by atoms with Crippen molar-refractivity contribution in [2.75, 3.05) is 13.2 Å². The summed E-state index contributed by atoms with van der Waals surface area (Å²) in [5, 5.41) is 31.5. The van der Waals surface area contributed by atoms with Crippen LogP contribution in [0.25, 0.3) is 0 Å². The average Bonchev–Trinajstić information content (AvgIpc) is 3.42. The lowest BCUT2D eigenvalue weighted by Gasteiger charge is -2.40. The molecule has 0 spiro atoms. The van der Waals surface area contributed by atoms with Gasteiger partial charge < -0.3 is 39.0 Å². The van der Waals surface area contributed by atoms with Gasteiger partial charge in [-0.05, 0) is 77.0 Å². The SMILES string of the molecule is CC/C=C\C/C=C\C/C=C\C/C=C\CCC(=O)OC(COC(=O)CCCCCCC/C=C\C/C=C\C/C=C\CC)COC1OC(C(=O)O)C(O)C(O)C1OC(=O)CCCCCCCCCCCCCCCCCCCCC. The number of hydrogen-bond donors (Lipinski definition) is 3. The molecule has 1 saturated heterocycles. The molecule has 0 bridgehead atoms. The molecule has 0 saturated carbocycles. The number of allylic oxidation sites excluding steroid dienone is 14. The summed E-state index contributed by atoms with van der Waals surface area (Å²) in [6, 6.07) is 0. The Hall–Kier alpha value is -4.10. The van der Waals surface area contributed by atoms with Gasteiger partial charge in [-0.3, -0.25) is 14.4 Å². The Morgan fingerprint density at radius 1 is 0.442 bits per heavy atom. The quantitative estimate of drug-likeness (QED) is 0.0228. The summed E-state index contributed by atoms with van der Waals surface area (Å²) in [4.78, 5) is 51.1. The van der Waals surface area contributed by atoms with Gasteiger partial charge in [0.05, 0.1) is 6.61 Å². The fourth-order valence-electron chi connectivity index (χ4n) is 8.87. The van der Waals surface area contributed by atoms with Crippen molar-refractivity contribution in [2.24, 2.45) is 0 Å². The predicted molar refractivity (Wildman–Crippen MR) is 312 cm³/mol. The second-order valence-corrected chi connectivity index (χ2v) is 20.6. The van der Waals surface area contributed by atoms with E-state index in [1.165, 1.54) is 89.9 Å². The predicted octanol–water partition coefficient (Wildman–Crippen LogP) is 15.9. The van der Waals surface area contributed by atoms with Gasteiger partial charge in [-0.15, -0.1) is 0 Å². The van der Waals surface area contributed by atoms with E-state index in [2.05, 4.69) is 93.7 Å². The summed E-state index contributed by atoms with van der Waals surface area (Å²) < 4.78 is 28.3. The number of esters is 3. The van der Waals surface area contributed by atoms with Crippen molar-refractivity contribution >= 4 is 23.9 Å². The first-order valence-corrected chi connectivity index (χ1v) is 30.6. The molecule has 12 nitrogen and oxygen atoms in total. The highest BCUT2D eigenvalue weighted by molar-refractivity contribution is 5.74. The number of carbonyl (C=O) groups is 4. The van der Waals surface area contributed by atoms with Crippen LogP contribution in [0.1, 0.15) is 252 Å². The molecule has 0 aliphatic carbocycles. The number of rotatable bonds is 51. The Labute approximate surface area is 467 Å². The lowest BCUT2D eigenvalue weighted by Crippen LogP contribution is -2.61. The number of aliphatic hydroxyl groups excluding tert-OH is 2. The van der Waals surface area contributed by atoms with Gasteiger partial charge in [0.15, 0.2) is 24.6 Å². The molecule has 6 unspecified atom stereocenters. The summed E-state index contributed by atoms with van der Waals surface area (Å²) >= 11 is 0. The Bertz CT molecular complexity index is 1660. The minimum Gasteiger partial charge on any atom is -0.479 e. The minimum atomic E-state index is -1.92. The number of carboxylic acid groups (broad SMARTS) is 1. The van der Waals surface area contributed by atoms with Crippen molar-refractivity contribution in [1.29, 1.82) is 0 Å². The molecular formula is C65H108O12. The van der Waals surface area contributed by atoms with Crippen LogP contribution in [-0.4, -0.2) is 89.2 Å². The maximum atomic E-state index is 13.1. The number of ether oxygens (including phenoxy) is 5. The monoisotopic (exact) mass is 1080 g/mol. The molecule has 0 aromatic rings. The first-order valence-electron chi connectivity index (χ1n) is 30.6. The zero-order valence-electron chi connectivity index (χ0n) is 48.4. The van der Waals surface area contributed by atoms with E-state index in [4.69, 9.17) is 23.7 Å². The molecule has 1 heterocycles. The van der Waals surface area contributed by atoms with Crippen molar-refractivity contribution < 1.29 is 58.2 Å². The van der Waals surface area contributed by atoms with Gasteiger partial charge in [0.1, 0.15) is 18.8 Å². The minimum absolute atomic E-state index is 0.0358. The number of carboxylic acids is 1. The van der Waals surface area contributed by atoms with E-state index in [1.54, 1.807) is 0 Å². The van der Waals surface area contributed by atoms with Crippen LogP contribution >= 0.6 is 0 Å². The first-order chi connectivity index (χ1) is 37.6. The molecule has 440 valence electrons. The van der Waals surface area contributed by atoms with Crippen molar-refractivity contribution in [3.63, 3.8) is 0 Å². The highest BCUT2D eigenvalue weighted by Crippen LogP contribution is 2.26. The third kappa shape index (κ3) is 42.5.